The number of halogens is 1. The number of likely N-dealkylation sites (tertiary alicyclic amines) is 1. The summed E-state index contributed by atoms with van der Waals surface area (Å²) in [6.07, 6.45) is 4.14. The van der Waals surface area contributed by atoms with E-state index in [2.05, 4.69) is 5.32 Å². The largest absolute Gasteiger partial charge is 0.343 e. The SMILES string of the molecule is O=C(CCNCc1ccccc1Cl)N1CCCCC1. The molecule has 4 heteroatoms. The van der Waals surface area contributed by atoms with Gasteiger partial charge in [-0.25, -0.2) is 0 Å². The molecule has 0 unspecified atom stereocenters. The molecule has 0 saturated carbocycles. The third-order valence-corrected chi connectivity index (χ3v) is 3.87. The monoisotopic (exact) mass is 280 g/mol. The first-order valence-corrected chi connectivity index (χ1v) is 7.37. The molecule has 0 spiro atoms. The van der Waals surface area contributed by atoms with Gasteiger partial charge in [0.25, 0.3) is 0 Å². The number of carbonyl (C=O) groups is 1. The van der Waals surface area contributed by atoms with Crippen LogP contribution in [0.5, 0.6) is 0 Å². The average Bonchev–Trinajstić information content (AvgIpc) is 2.46. The number of piperidine rings is 1. The van der Waals surface area contributed by atoms with Crippen LogP contribution in [-0.4, -0.2) is 30.4 Å². The zero-order chi connectivity index (χ0) is 13.5. The minimum atomic E-state index is 0.270. The van der Waals surface area contributed by atoms with Gasteiger partial charge in [0.1, 0.15) is 0 Å². The van der Waals surface area contributed by atoms with Crippen molar-refractivity contribution in [3.8, 4) is 0 Å². The lowest BCUT2D eigenvalue weighted by molar-refractivity contribution is -0.131. The van der Waals surface area contributed by atoms with E-state index < -0.39 is 0 Å². The van der Waals surface area contributed by atoms with E-state index in [1.165, 1.54) is 6.42 Å². The first-order valence-electron chi connectivity index (χ1n) is 6.99. The normalized spacial score (nSPS) is 15.5. The minimum absolute atomic E-state index is 0.270. The first-order chi connectivity index (χ1) is 9.27. The van der Waals surface area contributed by atoms with Gasteiger partial charge in [0, 0.05) is 37.6 Å². The summed E-state index contributed by atoms with van der Waals surface area (Å²) in [7, 11) is 0. The van der Waals surface area contributed by atoms with Gasteiger partial charge >= 0.3 is 0 Å². The summed E-state index contributed by atoms with van der Waals surface area (Å²) in [5, 5.41) is 4.06. The molecule has 1 fully saturated rings. The van der Waals surface area contributed by atoms with Crippen LogP contribution >= 0.6 is 11.6 Å². The maximum Gasteiger partial charge on any atom is 0.223 e. The Morgan fingerprint density at radius 3 is 2.68 bits per heavy atom. The van der Waals surface area contributed by atoms with Crippen molar-refractivity contribution in [1.29, 1.82) is 0 Å². The summed E-state index contributed by atoms with van der Waals surface area (Å²) in [4.78, 5) is 13.9. The van der Waals surface area contributed by atoms with Crippen LogP contribution in [0.4, 0.5) is 0 Å². The molecule has 1 heterocycles. The van der Waals surface area contributed by atoms with Crippen molar-refractivity contribution in [2.24, 2.45) is 0 Å². The molecule has 1 N–H and O–H groups in total. The summed E-state index contributed by atoms with van der Waals surface area (Å²) >= 11 is 6.07. The van der Waals surface area contributed by atoms with E-state index in [0.717, 1.165) is 36.5 Å². The highest BCUT2D eigenvalue weighted by molar-refractivity contribution is 6.31. The van der Waals surface area contributed by atoms with E-state index >= 15 is 0 Å². The molecule has 2 rings (SSSR count). The molecule has 104 valence electrons. The van der Waals surface area contributed by atoms with Crippen molar-refractivity contribution < 1.29 is 4.79 Å². The molecule has 1 aliphatic rings. The Morgan fingerprint density at radius 2 is 1.95 bits per heavy atom. The highest BCUT2D eigenvalue weighted by Crippen LogP contribution is 2.14. The lowest BCUT2D eigenvalue weighted by atomic mass is 10.1. The lowest BCUT2D eigenvalue weighted by Crippen LogP contribution is -2.37. The predicted octanol–water partition coefficient (Wildman–Crippen LogP) is 2.83. The number of amides is 1. The van der Waals surface area contributed by atoms with Gasteiger partial charge in [0.05, 0.1) is 0 Å². The van der Waals surface area contributed by atoms with Gasteiger partial charge < -0.3 is 10.2 Å². The smallest absolute Gasteiger partial charge is 0.223 e. The lowest BCUT2D eigenvalue weighted by Gasteiger charge is -2.26. The molecule has 3 nitrogen and oxygen atoms in total. The van der Waals surface area contributed by atoms with Crippen molar-refractivity contribution in [2.75, 3.05) is 19.6 Å². The first kappa shape index (κ1) is 14.4. The molecule has 0 radical (unpaired) electrons. The molecule has 0 aliphatic carbocycles. The fourth-order valence-electron chi connectivity index (χ4n) is 2.36. The van der Waals surface area contributed by atoms with Crippen molar-refractivity contribution in [2.45, 2.75) is 32.2 Å². The minimum Gasteiger partial charge on any atom is -0.343 e. The Kier molecular flexibility index (Phi) is 5.67. The number of benzene rings is 1. The summed E-state index contributed by atoms with van der Waals surface area (Å²) < 4.78 is 0. The number of hydrogen-bond donors (Lipinski definition) is 1. The molecule has 0 atom stereocenters. The van der Waals surface area contributed by atoms with Gasteiger partial charge in [-0.15, -0.1) is 0 Å². The molecule has 1 amide bonds. The molecule has 1 aromatic carbocycles. The Bertz CT molecular complexity index is 416. The fourth-order valence-corrected chi connectivity index (χ4v) is 2.56. The van der Waals surface area contributed by atoms with Crippen LogP contribution in [0.1, 0.15) is 31.2 Å². The molecule has 0 bridgehead atoms. The van der Waals surface area contributed by atoms with E-state index in [9.17, 15) is 4.79 Å². The van der Waals surface area contributed by atoms with Crippen molar-refractivity contribution in [3.63, 3.8) is 0 Å². The molecule has 1 aliphatic heterocycles. The van der Waals surface area contributed by atoms with Crippen LogP contribution in [0.3, 0.4) is 0 Å². The maximum atomic E-state index is 11.9. The summed E-state index contributed by atoms with van der Waals surface area (Å²) in [6, 6.07) is 7.78. The molecule has 0 aromatic heterocycles. The Labute approximate surface area is 119 Å². The number of nitrogens with zero attached hydrogens (tertiary/aromatic N) is 1. The summed E-state index contributed by atoms with van der Waals surface area (Å²) in [5.74, 6) is 0.270. The molecule has 1 aromatic rings. The van der Waals surface area contributed by atoms with Crippen LogP contribution in [0, 0.1) is 0 Å². The Morgan fingerprint density at radius 1 is 1.21 bits per heavy atom. The van der Waals surface area contributed by atoms with E-state index in [0.29, 0.717) is 19.5 Å². The third kappa shape index (κ3) is 4.51. The summed E-state index contributed by atoms with van der Waals surface area (Å²) in [6.45, 7) is 3.29. The van der Waals surface area contributed by atoms with Crippen LogP contribution in [-0.2, 0) is 11.3 Å². The van der Waals surface area contributed by atoms with E-state index in [-0.39, 0.29) is 5.91 Å². The second kappa shape index (κ2) is 7.51. The van der Waals surface area contributed by atoms with Gasteiger partial charge in [-0.1, -0.05) is 29.8 Å². The second-order valence-electron chi connectivity index (χ2n) is 4.96. The van der Waals surface area contributed by atoms with E-state index in [1.807, 2.05) is 29.2 Å². The van der Waals surface area contributed by atoms with Gasteiger partial charge in [-0.3, -0.25) is 4.79 Å². The van der Waals surface area contributed by atoms with Crippen molar-refractivity contribution in [1.82, 2.24) is 10.2 Å². The topological polar surface area (TPSA) is 32.3 Å². The average molecular weight is 281 g/mol. The predicted molar refractivity (Wildman–Crippen MR) is 78.2 cm³/mol. The van der Waals surface area contributed by atoms with Crippen molar-refractivity contribution >= 4 is 17.5 Å². The third-order valence-electron chi connectivity index (χ3n) is 3.50. The van der Waals surface area contributed by atoms with Gasteiger partial charge in [0.2, 0.25) is 5.91 Å². The number of carbonyl (C=O) groups excluding carboxylic acids is 1. The van der Waals surface area contributed by atoms with Crippen LogP contribution in [0.25, 0.3) is 0 Å². The molecule has 1 saturated heterocycles. The number of hydrogen-bond acceptors (Lipinski definition) is 2. The van der Waals surface area contributed by atoms with Crippen LogP contribution in [0.2, 0.25) is 5.02 Å². The zero-order valence-electron chi connectivity index (χ0n) is 11.2. The fraction of sp³-hybridized carbons (Fsp3) is 0.533. The van der Waals surface area contributed by atoms with E-state index in [1.54, 1.807) is 0 Å². The molecular formula is C15H21ClN2O. The van der Waals surface area contributed by atoms with Gasteiger partial charge in [-0.05, 0) is 30.9 Å². The zero-order valence-corrected chi connectivity index (χ0v) is 12.0. The van der Waals surface area contributed by atoms with Crippen molar-refractivity contribution in [3.05, 3.63) is 34.9 Å². The standard InChI is InChI=1S/C15H21ClN2O/c16-14-7-3-2-6-13(14)12-17-9-8-15(19)18-10-4-1-5-11-18/h2-3,6-7,17H,1,4-5,8-12H2. The van der Waals surface area contributed by atoms with Crippen LogP contribution in [0.15, 0.2) is 24.3 Å². The van der Waals surface area contributed by atoms with Gasteiger partial charge in [-0.2, -0.15) is 0 Å². The number of nitrogens with one attached hydrogen (secondary N) is 1. The second-order valence-corrected chi connectivity index (χ2v) is 5.37. The molecule has 19 heavy (non-hydrogen) atoms. The summed E-state index contributed by atoms with van der Waals surface area (Å²) in [5.41, 5.74) is 1.08. The molecular weight excluding hydrogens is 260 g/mol. The highest BCUT2D eigenvalue weighted by atomic mass is 35.5. The maximum absolute atomic E-state index is 11.9. The number of rotatable bonds is 5. The van der Waals surface area contributed by atoms with Crippen LogP contribution < -0.4 is 5.32 Å². The van der Waals surface area contributed by atoms with E-state index in [4.69, 9.17) is 11.6 Å². The Hall–Kier alpha value is -1.06. The quantitative estimate of drug-likeness (QED) is 0.841. The Balaban J connectivity index is 1.66. The van der Waals surface area contributed by atoms with Gasteiger partial charge in [0.15, 0.2) is 0 Å². The highest BCUT2D eigenvalue weighted by Gasteiger charge is 2.15.